The van der Waals surface area contributed by atoms with Gasteiger partial charge in [0.2, 0.25) is 5.60 Å². The van der Waals surface area contributed by atoms with Crippen molar-refractivity contribution in [3.05, 3.63) is 12.3 Å². The molecule has 12 heavy (non-hydrogen) atoms. The molecule has 0 spiro atoms. The van der Waals surface area contributed by atoms with E-state index in [4.69, 9.17) is 0 Å². The third kappa shape index (κ3) is 1.60. The number of rotatable bonds is 2. The lowest BCUT2D eigenvalue weighted by atomic mass is 9.97. The van der Waals surface area contributed by atoms with Crippen LogP contribution in [0.2, 0.25) is 0 Å². The average Bonchev–Trinajstić information content (AvgIpc) is 2.36. The van der Waals surface area contributed by atoms with Gasteiger partial charge in [-0.05, 0) is 6.08 Å². The molecule has 1 nitrogen and oxygen atoms in total. The maximum Gasteiger partial charge on any atom is 0.428 e. The predicted octanol–water partition coefficient (Wildman–Crippen LogP) is 3.01. The minimum Gasteiger partial charge on any atom is -0.485 e. The molecule has 1 heterocycles. The summed E-state index contributed by atoms with van der Waals surface area (Å²) in [4.78, 5) is 0. The fourth-order valence-corrected chi connectivity index (χ4v) is 1.74. The summed E-state index contributed by atoms with van der Waals surface area (Å²) in [7, 11) is 0. The van der Waals surface area contributed by atoms with E-state index in [9.17, 15) is 13.2 Å². The zero-order valence-electron chi connectivity index (χ0n) is 6.20. The monoisotopic (exact) mass is 244 g/mol. The molecule has 0 radical (unpaired) electrons. The van der Waals surface area contributed by atoms with E-state index < -0.39 is 11.8 Å². The number of hydrogen-bond acceptors (Lipinski definition) is 1. The van der Waals surface area contributed by atoms with E-state index in [0.29, 0.717) is 0 Å². The Morgan fingerprint density at radius 2 is 2.17 bits per heavy atom. The molecule has 5 heteroatoms. The molecule has 0 amide bonds. The Morgan fingerprint density at radius 1 is 1.50 bits per heavy atom. The molecule has 0 N–H and O–H groups in total. The van der Waals surface area contributed by atoms with Crippen LogP contribution in [0.3, 0.4) is 0 Å². The van der Waals surface area contributed by atoms with Crippen molar-refractivity contribution in [1.82, 2.24) is 0 Å². The van der Waals surface area contributed by atoms with Crippen molar-refractivity contribution in [1.29, 1.82) is 0 Å². The zero-order chi connectivity index (χ0) is 9.24. The fraction of sp³-hybridized carbons (Fsp3) is 0.714. The van der Waals surface area contributed by atoms with Crippen LogP contribution in [0.5, 0.6) is 0 Å². The van der Waals surface area contributed by atoms with Crippen LogP contribution in [0.4, 0.5) is 13.2 Å². The first-order valence-electron chi connectivity index (χ1n) is 3.47. The Bertz CT molecular complexity index is 180. The number of halogens is 4. The molecule has 0 aromatic heterocycles. The summed E-state index contributed by atoms with van der Waals surface area (Å²) in [5, 5.41) is 0.286. The third-order valence-corrected chi connectivity index (χ3v) is 2.25. The summed E-state index contributed by atoms with van der Waals surface area (Å²) in [5.74, 6) is 0. The van der Waals surface area contributed by atoms with Gasteiger partial charge in [-0.15, -0.1) is 0 Å². The van der Waals surface area contributed by atoms with Gasteiger partial charge in [0.25, 0.3) is 0 Å². The van der Waals surface area contributed by atoms with Crippen LogP contribution in [0.25, 0.3) is 0 Å². The van der Waals surface area contributed by atoms with E-state index in [0.717, 1.165) is 6.26 Å². The van der Waals surface area contributed by atoms with Crippen LogP contribution in [0, 0.1) is 0 Å². The minimum absolute atomic E-state index is 0.0521. The highest BCUT2D eigenvalue weighted by Gasteiger charge is 2.56. The number of ether oxygens (including phenoxy) is 1. The van der Waals surface area contributed by atoms with Gasteiger partial charge in [-0.25, -0.2) is 0 Å². The van der Waals surface area contributed by atoms with Gasteiger partial charge < -0.3 is 4.74 Å². The van der Waals surface area contributed by atoms with Crippen molar-refractivity contribution in [2.75, 3.05) is 5.33 Å². The Balaban J connectivity index is 2.74. The summed E-state index contributed by atoms with van der Waals surface area (Å²) in [6.45, 7) is 0. The van der Waals surface area contributed by atoms with E-state index in [1.54, 1.807) is 0 Å². The second-order valence-electron chi connectivity index (χ2n) is 2.62. The Morgan fingerprint density at radius 3 is 2.50 bits per heavy atom. The molecule has 1 unspecified atom stereocenters. The smallest absolute Gasteiger partial charge is 0.428 e. The predicted molar refractivity (Wildman–Crippen MR) is 42.0 cm³/mol. The number of hydrogen-bond donors (Lipinski definition) is 0. The Labute approximate surface area is 76.7 Å². The lowest BCUT2D eigenvalue weighted by molar-refractivity contribution is -0.255. The molecule has 1 atom stereocenters. The van der Waals surface area contributed by atoms with Gasteiger partial charge in [-0.3, -0.25) is 0 Å². The quantitative estimate of drug-likeness (QED) is 0.679. The molecule has 0 aromatic rings. The SMILES string of the molecule is FC(F)(F)C1(CCBr)CC=CO1. The second kappa shape index (κ2) is 3.28. The van der Waals surface area contributed by atoms with Gasteiger partial charge in [-0.1, -0.05) is 15.9 Å². The van der Waals surface area contributed by atoms with Gasteiger partial charge in [0.05, 0.1) is 6.26 Å². The van der Waals surface area contributed by atoms with Crippen molar-refractivity contribution >= 4 is 15.9 Å². The molecule has 0 saturated heterocycles. The average molecular weight is 245 g/mol. The molecule has 1 aliphatic heterocycles. The van der Waals surface area contributed by atoms with Crippen LogP contribution in [-0.2, 0) is 4.74 Å². The maximum atomic E-state index is 12.4. The molecule has 0 bridgehead atoms. The van der Waals surface area contributed by atoms with Crippen molar-refractivity contribution in [2.45, 2.75) is 24.6 Å². The van der Waals surface area contributed by atoms with E-state index in [-0.39, 0.29) is 18.2 Å². The molecule has 0 saturated carbocycles. The van der Waals surface area contributed by atoms with Crippen molar-refractivity contribution in [2.24, 2.45) is 0 Å². The molecule has 0 fully saturated rings. The Hall–Kier alpha value is -0.190. The molecular formula is C7H8BrF3O. The molecule has 1 aliphatic rings. The van der Waals surface area contributed by atoms with Gasteiger partial charge in [-0.2, -0.15) is 13.2 Å². The second-order valence-corrected chi connectivity index (χ2v) is 3.42. The molecule has 0 aliphatic carbocycles. The summed E-state index contributed by atoms with van der Waals surface area (Å²) < 4.78 is 41.9. The van der Waals surface area contributed by atoms with E-state index in [1.165, 1.54) is 6.08 Å². The van der Waals surface area contributed by atoms with Crippen LogP contribution >= 0.6 is 15.9 Å². The van der Waals surface area contributed by atoms with E-state index in [2.05, 4.69) is 20.7 Å². The maximum absolute atomic E-state index is 12.4. The van der Waals surface area contributed by atoms with Crippen LogP contribution in [0.1, 0.15) is 12.8 Å². The van der Waals surface area contributed by atoms with Crippen molar-refractivity contribution in [3.63, 3.8) is 0 Å². The van der Waals surface area contributed by atoms with E-state index in [1.807, 2.05) is 0 Å². The van der Waals surface area contributed by atoms with Crippen molar-refractivity contribution in [3.8, 4) is 0 Å². The molecular weight excluding hydrogens is 237 g/mol. The summed E-state index contributed by atoms with van der Waals surface area (Å²) >= 11 is 2.98. The highest BCUT2D eigenvalue weighted by atomic mass is 79.9. The van der Waals surface area contributed by atoms with Crippen LogP contribution in [0.15, 0.2) is 12.3 Å². The Kier molecular flexibility index (Phi) is 2.70. The zero-order valence-corrected chi connectivity index (χ0v) is 7.78. The topological polar surface area (TPSA) is 9.23 Å². The van der Waals surface area contributed by atoms with Gasteiger partial charge in [0, 0.05) is 18.2 Å². The van der Waals surface area contributed by atoms with Gasteiger partial charge in [0.15, 0.2) is 0 Å². The largest absolute Gasteiger partial charge is 0.485 e. The molecule has 0 aromatic carbocycles. The van der Waals surface area contributed by atoms with Crippen LogP contribution in [-0.4, -0.2) is 17.1 Å². The first-order valence-corrected chi connectivity index (χ1v) is 4.59. The molecule has 70 valence electrons. The van der Waals surface area contributed by atoms with Crippen LogP contribution < -0.4 is 0 Å². The fourth-order valence-electron chi connectivity index (χ4n) is 1.10. The first-order chi connectivity index (χ1) is 5.52. The summed E-state index contributed by atoms with van der Waals surface area (Å²) in [5.41, 5.74) is -1.98. The first kappa shape index (κ1) is 9.89. The van der Waals surface area contributed by atoms with Gasteiger partial charge >= 0.3 is 6.18 Å². The minimum atomic E-state index is -4.29. The third-order valence-electron chi connectivity index (χ3n) is 1.85. The van der Waals surface area contributed by atoms with Crippen molar-refractivity contribution < 1.29 is 17.9 Å². The number of alkyl halides is 4. The van der Waals surface area contributed by atoms with E-state index >= 15 is 0 Å². The lowest BCUT2D eigenvalue weighted by Gasteiger charge is -2.30. The lowest BCUT2D eigenvalue weighted by Crippen LogP contribution is -2.44. The highest BCUT2D eigenvalue weighted by Crippen LogP contribution is 2.42. The highest BCUT2D eigenvalue weighted by molar-refractivity contribution is 9.09. The summed E-state index contributed by atoms with van der Waals surface area (Å²) in [6, 6.07) is 0. The molecule has 1 rings (SSSR count). The summed E-state index contributed by atoms with van der Waals surface area (Å²) in [6.07, 6.45) is -1.90. The normalized spacial score (nSPS) is 29.0. The standard InChI is InChI=1S/C7H8BrF3O/c8-4-3-6(7(9,10)11)2-1-5-12-6/h1,5H,2-4H2. The van der Waals surface area contributed by atoms with Gasteiger partial charge in [0.1, 0.15) is 0 Å².